The molecular weight excluding hydrogens is 299 g/mol. The Kier molecular flexibility index (Phi) is 5.01. The lowest BCUT2D eigenvalue weighted by atomic mass is 9.84. The number of rotatable bonds is 3. The summed E-state index contributed by atoms with van der Waals surface area (Å²) in [7, 11) is 0. The average Bonchev–Trinajstić information content (AvgIpc) is 2.44. The number of carboxylic acid groups (broad SMARTS) is 1. The van der Waals surface area contributed by atoms with Crippen LogP contribution in [0.25, 0.3) is 0 Å². The maximum absolute atomic E-state index is 13.7. The number of urea groups is 1. The molecule has 0 bridgehead atoms. The lowest BCUT2D eigenvalue weighted by Gasteiger charge is -2.29. The number of amides is 2. The van der Waals surface area contributed by atoms with Gasteiger partial charge in [-0.2, -0.15) is 0 Å². The summed E-state index contributed by atoms with van der Waals surface area (Å²) < 4.78 is 13.7. The van der Waals surface area contributed by atoms with Gasteiger partial charge in [-0.3, -0.25) is 4.79 Å². The van der Waals surface area contributed by atoms with E-state index in [1.807, 2.05) is 0 Å². The van der Waals surface area contributed by atoms with Gasteiger partial charge in [-0.15, -0.1) is 0 Å². The van der Waals surface area contributed by atoms with Gasteiger partial charge in [0.25, 0.3) is 0 Å². The number of carbonyl (C=O) groups excluding carboxylic acids is 1. The van der Waals surface area contributed by atoms with Crippen LogP contribution in [0.3, 0.4) is 0 Å². The Morgan fingerprint density at radius 1 is 1.29 bits per heavy atom. The molecule has 114 valence electrons. The molecule has 1 saturated carbocycles. The highest BCUT2D eigenvalue weighted by molar-refractivity contribution is 6.31. The molecule has 5 nitrogen and oxygen atoms in total. The largest absolute Gasteiger partial charge is 0.481 e. The van der Waals surface area contributed by atoms with E-state index in [2.05, 4.69) is 10.6 Å². The van der Waals surface area contributed by atoms with Crippen LogP contribution in [-0.2, 0) is 4.79 Å². The first-order valence-electron chi connectivity index (χ1n) is 6.73. The van der Waals surface area contributed by atoms with Crippen molar-refractivity contribution in [2.45, 2.75) is 31.7 Å². The summed E-state index contributed by atoms with van der Waals surface area (Å²) in [4.78, 5) is 23.0. The second kappa shape index (κ2) is 6.76. The molecule has 1 fully saturated rings. The van der Waals surface area contributed by atoms with E-state index in [0.29, 0.717) is 12.8 Å². The Bertz CT molecular complexity index is 553. The standard InChI is InChI=1S/C14H16ClFN2O3/c15-9-5-3-7-11(12(9)16)18-14(21)17-10-6-2-1-4-8(10)13(19)20/h3,5,7-8,10H,1-2,4,6H2,(H,19,20)(H2,17,18,21). The summed E-state index contributed by atoms with van der Waals surface area (Å²) in [6.45, 7) is 0. The molecule has 2 rings (SSSR count). The van der Waals surface area contributed by atoms with Gasteiger partial charge >= 0.3 is 12.0 Å². The fraction of sp³-hybridized carbons (Fsp3) is 0.429. The van der Waals surface area contributed by atoms with Crippen LogP contribution < -0.4 is 10.6 Å². The second-order valence-corrected chi connectivity index (χ2v) is 5.44. The van der Waals surface area contributed by atoms with Gasteiger partial charge in [0.1, 0.15) is 0 Å². The third-order valence-corrected chi connectivity index (χ3v) is 3.89. The average molecular weight is 315 g/mol. The zero-order valence-corrected chi connectivity index (χ0v) is 12.0. The maximum atomic E-state index is 13.7. The number of halogens is 2. The van der Waals surface area contributed by atoms with Crippen LogP contribution in [0.2, 0.25) is 5.02 Å². The Labute approximate surface area is 126 Å². The molecule has 1 aromatic rings. The Balaban J connectivity index is 2.00. The zero-order chi connectivity index (χ0) is 15.4. The number of nitrogens with one attached hydrogen (secondary N) is 2. The Morgan fingerprint density at radius 3 is 2.71 bits per heavy atom. The van der Waals surface area contributed by atoms with Crippen molar-refractivity contribution < 1.29 is 19.1 Å². The molecule has 1 aliphatic carbocycles. The Morgan fingerprint density at radius 2 is 2.00 bits per heavy atom. The smallest absolute Gasteiger partial charge is 0.319 e. The second-order valence-electron chi connectivity index (χ2n) is 5.04. The van der Waals surface area contributed by atoms with Gasteiger partial charge in [-0.05, 0) is 25.0 Å². The van der Waals surface area contributed by atoms with Crippen molar-refractivity contribution in [3.8, 4) is 0 Å². The van der Waals surface area contributed by atoms with Crippen LogP contribution in [0.1, 0.15) is 25.7 Å². The van der Waals surface area contributed by atoms with Crippen LogP contribution in [0, 0.1) is 11.7 Å². The minimum Gasteiger partial charge on any atom is -0.481 e. The first-order chi connectivity index (χ1) is 9.99. The fourth-order valence-corrected chi connectivity index (χ4v) is 2.70. The van der Waals surface area contributed by atoms with Crippen LogP contribution in [0.15, 0.2) is 18.2 Å². The molecule has 3 N–H and O–H groups in total. The van der Waals surface area contributed by atoms with Gasteiger partial charge in [-0.1, -0.05) is 30.5 Å². The van der Waals surface area contributed by atoms with E-state index in [1.54, 1.807) is 0 Å². The summed E-state index contributed by atoms with van der Waals surface area (Å²) >= 11 is 5.63. The highest BCUT2D eigenvalue weighted by atomic mass is 35.5. The van der Waals surface area contributed by atoms with Gasteiger partial charge in [-0.25, -0.2) is 9.18 Å². The molecule has 0 aromatic heterocycles. The van der Waals surface area contributed by atoms with Crippen LogP contribution in [0.5, 0.6) is 0 Å². The molecule has 0 radical (unpaired) electrons. The third kappa shape index (κ3) is 3.85. The lowest BCUT2D eigenvalue weighted by molar-refractivity contribution is -0.143. The normalized spacial score (nSPS) is 21.6. The summed E-state index contributed by atoms with van der Waals surface area (Å²) in [5.74, 6) is -2.24. The van der Waals surface area contributed by atoms with E-state index >= 15 is 0 Å². The quantitative estimate of drug-likeness (QED) is 0.801. The van der Waals surface area contributed by atoms with Gasteiger partial charge in [0.05, 0.1) is 16.6 Å². The van der Waals surface area contributed by atoms with E-state index in [9.17, 15) is 14.0 Å². The van der Waals surface area contributed by atoms with Gasteiger partial charge < -0.3 is 15.7 Å². The molecule has 0 saturated heterocycles. The van der Waals surface area contributed by atoms with Crippen molar-refractivity contribution >= 4 is 29.3 Å². The molecule has 0 heterocycles. The summed E-state index contributed by atoms with van der Waals surface area (Å²) in [6.07, 6.45) is 2.83. The maximum Gasteiger partial charge on any atom is 0.319 e. The van der Waals surface area contributed by atoms with Gasteiger partial charge in [0.15, 0.2) is 5.82 Å². The number of benzene rings is 1. The molecule has 0 spiro atoms. The van der Waals surface area contributed by atoms with Crippen molar-refractivity contribution in [3.63, 3.8) is 0 Å². The monoisotopic (exact) mass is 314 g/mol. The number of carboxylic acids is 1. The molecule has 7 heteroatoms. The highest BCUT2D eigenvalue weighted by Crippen LogP contribution is 2.25. The van der Waals surface area contributed by atoms with E-state index in [0.717, 1.165) is 12.8 Å². The highest BCUT2D eigenvalue weighted by Gasteiger charge is 2.31. The first kappa shape index (κ1) is 15.6. The number of hydrogen-bond acceptors (Lipinski definition) is 2. The number of aliphatic carboxylic acids is 1. The molecule has 2 atom stereocenters. The SMILES string of the molecule is O=C(Nc1cccc(Cl)c1F)NC1CCCCC1C(=O)O. The summed E-state index contributed by atoms with van der Waals surface area (Å²) in [6, 6.07) is 3.20. The summed E-state index contributed by atoms with van der Waals surface area (Å²) in [5, 5.41) is 14.0. The van der Waals surface area contributed by atoms with Crippen molar-refractivity contribution in [1.29, 1.82) is 0 Å². The molecular formula is C14H16ClFN2O3. The number of carbonyl (C=O) groups is 2. The minimum absolute atomic E-state index is 0.0392. The van der Waals surface area contributed by atoms with Crippen molar-refractivity contribution in [3.05, 3.63) is 29.0 Å². The van der Waals surface area contributed by atoms with Gasteiger partial charge in [0.2, 0.25) is 0 Å². The van der Waals surface area contributed by atoms with Crippen LogP contribution >= 0.6 is 11.6 Å². The van der Waals surface area contributed by atoms with Gasteiger partial charge in [0, 0.05) is 6.04 Å². The Hall–Kier alpha value is -1.82. The van der Waals surface area contributed by atoms with Crippen molar-refractivity contribution in [2.75, 3.05) is 5.32 Å². The fourth-order valence-electron chi connectivity index (χ4n) is 2.53. The minimum atomic E-state index is -0.922. The van der Waals surface area contributed by atoms with E-state index in [4.69, 9.17) is 16.7 Å². The van der Waals surface area contributed by atoms with Crippen molar-refractivity contribution in [1.82, 2.24) is 5.32 Å². The summed E-state index contributed by atoms with van der Waals surface area (Å²) in [5.41, 5.74) is -0.0392. The van der Waals surface area contributed by atoms with E-state index < -0.39 is 29.8 Å². The first-order valence-corrected chi connectivity index (χ1v) is 7.11. The van der Waals surface area contributed by atoms with Crippen molar-refractivity contribution in [2.24, 2.45) is 5.92 Å². The zero-order valence-electron chi connectivity index (χ0n) is 11.2. The topological polar surface area (TPSA) is 78.4 Å². The molecule has 2 amide bonds. The number of hydrogen-bond donors (Lipinski definition) is 3. The lowest BCUT2D eigenvalue weighted by Crippen LogP contribution is -2.46. The molecule has 0 aliphatic heterocycles. The molecule has 1 aromatic carbocycles. The van der Waals surface area contributed by atoms with E-state index in [1.165, 1.54) is 18.2 Å². The van der Waals surface area contributed by atoms with Crippen LogP contribution in [-0.4, -0.2) is 23.1 Å². The molecule has 2 unspecified atom stereocenters. The number of anilines is 1. The van der Waals surface area contributed by atoms with E-state index in [-0.39, 0.29) is 10.7 Å². The molecule has 21 heavy (non-hydrogen) atoms. The predicted molar refractivity (Wildman–Crippen MR) is 76.9 cm³/mol. The van der Waals surface area contributed by atoms with Crippen LogP contribution in [0.4, 0.5) is 14.9 Å². The predicted octanol–water partition coefficient (Wildman–Crippen LogP) is 3.24. The third-order valence-electron chi connectivity index (χ3n) is 3.60. The molecule has 1 aliphatic rings.